The first-order valence-electron chi connectivity index (χ1n) is 9.48. The van der Waals surface area contributed by atoms with Crippen molar-refractivity contribution in [1.29, 1.82) is 0 Å². The number of ether oxygens (including phenoxy) is 3. The SMILES string of the molecule is COc1cc(C(=O)N(C)CC(CCS(C)(=O)=O)c2ccccc2)cc(OC)c1OC. The lowest BCUT2D eigenvalue weighted by Crippen LogP contribution is -2.32. The fraction of sp³-hybridized carbons (Fsp3) is 0.409. The highest BCUT2D eigenvalue weighted by atomic mass is 32.2. The Morgan fingerprint density at radius 2 is 1.57 bits per heavy atom. The van der Waals surface area contributed by atoms with Gasteiger partial charge < -0.3 is 19.1 Å². The second-order valence-electron chi connectivity index (χ2n) is 7.13. The van der Waals surface area contributed by atoms with Crippen LogP contribution in [0.4, 0.5) is 0 Å². The van der Waals surface area contributed by atoms with Crippen LogP contribution in [0.25, 0.3) is 0 Å². The minimum atomic E-state index is -3.11. The maximum atomic E-state index is 13.1. The number of amides is 1. The van der Waals surface area contributed by atoms with Gasteiger partial charge in [0.15, 0.2) is 11.5 Å². The summed E-state index contributed by atoms with van der Waals surface area (Å²) in [6.45, 7) is 0.370. The predicted molar refractivity (Wildman–Crippen MR) is 117 cm³/mol. The fourth-order valence-corrected chi connectivity index (χ4v) is 4.00. The summed E-state index contributed by atoms with van der Waals surface area (Å²) in [5.41, 5.74) is 1.38. The Morgan fingerprint density at radius 3 is 2.03 bits per heavy atom. The molecule has 0 aliphatic heterocycles. The predicted octanol–water partition coefficient (Wildman–Crippen LogP) is 3.00. The molecule has 0 aliphatic carbocycles. The van der Waals surface area contributed by atoms with E-state index in [-0.39, 0.29) is 17.6 Å². The van der Waals surface area contributed by atoms with E-state index < -0.39 is 9.84 Å². The molecule has 0 radical (unpaired) electrons. The molecule has 2 rings (SSSR count). The summed E-state index contributed by atoms with van der Waals surface area (Å²) in [5, 5.41) is 0. The maximum absolute atomic E-state index is 13.1. The van der Waals surface area contributed by atoms with Gasteiger partial charge in [0.2, 0.25) is 5.75 Å². The van der Waals surface area contributed by atoms with Crippen molar-refractivity contribution in [2.24, 2.45) is 0 Å². The van der Waals surface area contributed by atoms with Gasteiger partial charge in [0.05, 0.1) is 27.1 Å². The van der Waals surface area contributed by atoms with E-state index in [0.717, 1.165) is 5.56 Å². The molecule has 0 aliphatic rings. The second kappa shape index (κ2) is 10.3. The molecule has 1 amide bonds. The van der Waals surface area contributed by atoms with E-state index in [4.69, 9.17) is 14.2 Å². The van der Waals surface area contributed by atoms with Gasteiger partial charge in [0.1, 0.15) is 9.84 Å². The maximum Gasteiger partial charge on any atom is 0.253 e. The third-order valence-electron chi connectivity index (χ3n) is 4.86. The molecule has 0 fully saturated rings. The van der Waals surface area contributed by atoms with Crippen molar-refractivity contribution in [2.45, 2.75) is 12.3 Å². The Labute approximate surface area is 178 Å². The first-order valence-corrected chi connectivity index (χ1v) is 11.5. The van der Waals surface area contributed by atoms with Crippen molar-refractivity contribution < 1.29 is 27.4 Å². The molecule has 0 heterocycles. The van der Waals surface area contributed by atoms with Crippen LogP contribution in [0.1, 0.15) is 28.3 Å². The second-order valence-corrected chi connectivity index (χ2v) is 9.39. The quantitative estimate of drug-likeness (QED) is 0.571. The minimum absolute atomic E-state index is 0.0543. The normalized spacial score (nSPS) is 12.2. The Balaban J connectivity index is 2.28. The summed E-state index contributed by atoms with van der Waals surface area (Å²) in [4.78, 5) is 14.7. The van der Waals surface area contributed by atoms with Gasteiger partial charge in [-0.15, -0.1) is 0 Å². The molecule has 164 valence electrons. The molecule has 0 saturated carbocycles. The number of hydrogen-bond acceptors (Lipinski definition) is 6. The highest BCUT2D eigenvalue weighted by Gasteiger charge is 2.23. The number of carbonyl (C=O) groups excluding carboxylic acids is 1. The Morgan fingerprint density at radius 1 is 1.00 bits per heavy atom. The Hall–Kier alpha value is -2.74. The van der Waals surface area contributed by atoms with Gasteiger partial charge in [-0.2, -0.15) is 0 Å². The molecule has 8 heteroatoms. The average molecular weight is 436 g/mol. The van der Waals surface area contributed by atoms with Gasteiger partial charge in [-0.1, -0.05) is 30.3 Å². The highest BCUT2D eigenvalue weighted by Crippen LogP contribution is 2.38. The summed E-state index contributed by atoms with van der Waals surface area (Å²) < 4.78 is 39.4. The number of likely N-dealkylation sites (N-methyl/N-ethyl adjacent to an activating group) is 1. The van der Waals surface area contributed by atoms with E-state index in [2.05, 4.69) is 0 Å². The van der Waals surface area contributed by atoms with Crippen LogP contribution in [0.3, 0.4) is 0 Å². The summed E-state index contributed by atoms with van der Waals surface area (Å²) in [6, 6.07) is 12.8. The standard InChI is InChI=1S/C22H29NO6S/c1-23(15-17(11-12-30(5,25)26)16-9-7-6-8-10-16)22(24)18-13-19(27-2)21(29-4)20(14-18)28-3/h6-10,13-14,17H,11-12,15H2,1-5H3. The number of carbonyl (C=O) groups is 1. The summed E-state index contributed by atoms with van der Waals surface area (Å²) in [7, 11) is 3.07. The molecular weight excluding hydrogens is 406 g/mol. The van der Waals surface area contributed by atoms with Crippen molar-refractivity contribution in [3.63, 3.8) is 0 Å². The number of methoxy groups -OCH3 is 3. The van der Waals surface area contributed by atoms with E-state index in [1.54, 1.807) is 24.1 Å². The Bertz CT molecular complexity index is 934. The van der Waals surface area contributed by atoms with E-state index >= 15 is 0 Å². The molecule has 1 unspecified atom stereocenters. The van der Waals surface area contributed by atoms with Gasteiger partial charge in [-0.3, -0.25) is 4.79 Å². The lowest BCUT2D eigenvalue weighted by Gasteiger charge is -2.25. The largest absolute Gasteiger partial charge is 0.493 e. The monoisotopic (exact) mass is 435 g/mol. The lowest BCUT2D eigenvalue weighted by molar-refractivity contribution is 0.0784. The number of hydrogen-bond donors (Lipinski definition) is 0. The number of benzene rings is 2. The molecule has 30 heavy (non-hydrogen) atoms. The molecule has 0 N–H and O–H groups in total. The zero-order valence-corrected chi connectivity index (χ0v) is 18.9. The molecule has 0 saturated heterocycles. The van der Waals surface area contributed by atoms with Crippen LogP contribution < -0.4 is 14.2 Å². The van der Waals surface area contributed by atoms with E-state index in [1.807, 2.05) is 30.3 Å². The average Bonchev–Trinajstić information content (AvgIpc) is 2.74. The van der Waals surface area contributed by atoms with Crippen LogP contribution in [0.5, 0.6) is 17.2 Å². The topological polar surface area (TPSA) is 82.1 Å². The fourth-order valence-electron chi connectivity index (χ4n) is 3.28. The minimum Gasteiger partial charge on any atom is -0.493 e. The lowest BCUT2D eigenvalue weighted by atomic mass is 9.95. The van der Waals surface area contributed by atoms with Crippen LogP contribution in [0.2, 0.25) is 0 Å². The third kappa shape index (κ3) is 6.13. The van der Waals surface area contributed by atoms with Crippen molar-refractivity contribution in [3.05, 3.63) is 53.6 Å². The highest BCUT2D eigenvalue weighted by molar-refractivity contribution is 7.90. The van der Waals surface area contributed by atoms with Gasteiger partial charge in [-0.05, 0) is 24.1 Å². The number of rotatable bonds is 10. The van der Waals surface area contributed by atoms with Gasteiger partial charge >= 0.3 is 0 Å². The molecule has 0 spiro atoms. The van der Waals surface area contributed by atoms with E-state index in [1.165, 1.54) is 27.6 Å². The van der Waals surface area contributed by atoms with Crippen molar-refractivity contribution >= 4 is 15.7 Å². The van der Waals surface area contributed by atoms with Crippen LogP contribution in [0, 0.1) is 0 Å². The van der Waals surface area contributed by atoms with Crippen LogP contribution in [0.15, 0.2) is 42.5 Å². The summed E-state index contributed by atoms with van der Waals surface area (Å²) in [5.74, 6) is 0.912. The molecule has 0 bridgehead atoms. The first-order chi connectivity index (χ1) is 14.2. The zero-order chi connectivity index (χ0) is 22.3. The zero-order valence-electron chi connectivity index (χ0n) is 18.0. The first kappa shape index (κ1) is 23.5. The summed E-state index contributed by atoms with van der Waals surface area (Å²) >= 11 is 0. The van der Waals surface area contributed by atoms with E-state index in [9.17, 15) is 13.2 Å². The van der Waals surface area contributed by atoms with Gasteiger partial charge in [-0.25, -0.2) is 8.42 Å². The molecule has 7 nitrogen and oxygen atoms in total. The van der Waals surface area contributed by atoms with Crippen LogP contribution in [-0.4, -0.2) is 66.2 Å². The molecule has 2 aromatic rings. The number of sulfone groups is 1. The Kier molecular flexibility index (Phi) is 8.11. The molecule has 0 aromatic heterocycles. The number of nitrogens with zero attached hydrogens (tertiary/aromatic N) is 1. The van der Waals surface area contributed by atoms with Crippen molar-refractivity contribution in [2.75, 3.05) is 46.9 Å². The molecule has 2 aromatic carbocycles. The van der Waals surface area contributed by atoms with Crippen LogP contribution in [-0.2, 0) is 9.84 Å². The van der Waals surface area contributed by atoms with Gasteiger partial charge in [0, 0.05) is 31.3 Å². The van der Waals surface area contributed by atoms with Gasteiger partial charge in [0.25, 0.3) is 5.91 Å². The van der Waals surface area contributed by atoms with Crippen LogP contribution >= 0.6 is 0 Å². The molecular formula is C22H29NO6S. The van der Waals surface area contributed by atoms with E-state index in [0.29, 0.717) is 35.8 Å². The smallest absolute Gasteiger partial charge is 0.253 e. The van der Waals surface area contributed by atoms with Crippen molar-refractivity contribution in [1.82, 2.24) is 4.90 Å². The molecule has 1 atom stereocenters. The summed E-state index contributed by atoms with van der Waals surface area (Å²) in [6.07, 6.45) is 1.65. The van der Waals surface area contributed by atoms with Crippen molar-refractivity contribution in [3.8, 4) is 17.2 Å². The third-order valence-corrected chi connectivity index (χ3v) is 5.84.